The fourth-order valence-electron chi connectivity index (χ4n) is 1.80. The van der Waals surface area contributed by atoms with Crippen LogP contribution < -0.4 is 11.1 Å². The molecule has 1 fully saturated rings. The zero-order valence-corrected chi connectivity index (χ0v) is 11.1. The maximum Gasteiger partial charge on any atom is 0.178 e. The fraction of sp³-hybridized carbons (Fsp3) is 0.615. The lowest BCUT2D eigenvalue weighted by Crippen LogP contribution is -2.01. The molecule has 17 heavy (non-hydrogen) atoms. The van der Waals surface area contributed by atoms with E-state index in [1.54, 1.807) is 0 Å². The first kappa shape index (κ1) is 12.4. The zero-order chi connectivity index (χ0) is 12.3. The Bertz CT molecular complexity index is 396. The summed E-state index contributed by atoms with van der Waals surface area (Å²) in [5, 5.41) is 4.37. The highest BCUT2D eigenvalue weighted by Gasteiger charge is 2.32. The van der Waals surface area contributed by atoms with E-state index in [0.29, 0.717) is 5.69 Å². The Kier molecular flexibility index (Phi) is 4.05. The van der Waals surface area contributed by atoms with Crippen LogP contribution >= 0.6 is 11.3 Å². The number of hydrogen-bond donors (Lipinski definition) is 2. The molecule has 1 aliphatic rings. The van der Waals surface area contributed by atoms with Gasteiger partial charge in [-0.2, -0.15) is 0 Å². The highest BCUT2D eigenvalue weighted by atomic mass is 32.1. The average Bonchev–Trinajstić information content (AvgIpc) is 3.09. The molecule has 0 unspecified atom stereocenters. The quantitative estimate of drug-likeness (QED) is 0.576. The van der Waals surface area contributed by atoms with Crippen LogP contribution in [0.3, 0.4) is 0 Å². The van der Waals surface area contributed by atoms with Crippen molar-refractivity contribution in [2.75, 3.05) is 17.6 Å². The third-order valence-corrected chi connectivity index (χ3v) is 4.14. The summed E-state index contributed by atoms with van der Waals surface area (Å²) in [6.07, 6.45) is 5.70. The van der Waals surface area contributed by atoms with Crippen LogP contribution in [0.25, 0.3) is 0 Å². The number of nitrogens with one attached hydrogen (secondary N) is 1. The van der Waals surface area contributed by atoms with Gasteiger partial charge >= 0.3 is 0 Å². The number of unbranched alkanes of at least 4 members (excludes halogenated alkanes) is 2. The highest BCUT2D eigenvalue weighted by molar-refractivity contribution is 7.18. The molecule has 1 heterocycles. The second kappa shape index (κ2) is 5.54. The second-order valence-electron chi connectivity index (χ2n) is 4.67. The molecule has 0 atom stereocenters. The molecule has 0 aromatic carbocycles. The number of ketones is 1. The Morgan fingerprint density at radius 1 is 1.53 bits per heavy atom. The normalized spacial score (nSPS) is 14.9. The Balaban J connectivity index is 1.91. The van der Waals surface area contributed by atoms with Gasteiger partial charge in [-0.15, -0.1) is 11.3 Å². The van der Waals surface area contributed by atoms with E-state index in [2.05, 4.69) is 12.2 Å². The van der Waals surface area contributed by atoms with Crippen molar-refractivity contribution in [3.63, 3.8) is 0 Å². The summed E-state index contributed by atoms with van der Waals surface area (Å²) in [6, 6.07) is 1.90. The number of carbonyl (C=O) groups excluding carboxylic acids is 1. The van der Waals surface area contributed by atoms with Gasteiger partial charge < -0.3 is 11.1 Å². The van der Waals surface area contributed by atoms with Gasteiger partial charge in [-0.1, -0.05) is 19.8 Å². The number of anilines is 2. The van der Waals surface area contributed by atoms with E-state index < -0.39 is 0 Å². The Morgan fingerprint density at radius 3 is 2.94 bits per heavy atom. The number of thiophene rings is 1. The molecular formula is C13H20N2OS. The van der Waals surface area contributed by atoms with Gasteiger partial charge in [0.1, 0.15) is 0 Å². The van der Waals surface area contributed by atoms with Crippen molar-refractivity contribution in [1.29, 1.82) is 0 Å². The molecular weight excluding hydrogens is 232 g/mol. The van der Waals surface area contributed by atoms with Crippen LogP contribution in [0, 0.1) is 5.92 Å². The maximum absolute atomic E-state index is 11.9. The minimum absolute atomic E-state index is 0.245. The minimum atomic E-state index is 0.245. The lowest BCUT2D eigenvalue weighted by atomic mass is 10.2. The molecule has 1 aromatic rings. The third-order valence-electron chi connectivity index (χ3n) is 3.01. The van der Waals surface area contributed by atoms with E-state index in [1.807, 2.05) is 6.07 Å². The van der Waals surface area contributed by atoms with Gasteiger partial charge in [-0.3, -0.25) is 4.79 Å². The van der Waals surface area contributed by atoms with E-state index in [0.717, 1.165) is 29.3 Å². The molecule has 1 aliphatic carbocycles. The molecule has 3 nitrogen and oxygen atoms in total. The number of Topliss-reactive ketones (excluding diaryl/α,β-unsaturated/α-hetero) is 1. The maximum atomic E-state index is 11.9. The number of nitrogen functional groups attached to an aromatic ring is 1. The Hall–Kier alpha value is -1.03. The van der Waals surface area contributed by atoms with Gasteiger partial charge in [0.05, 0.1) is 15.6 Å². The molecule has 0 spiro atoms. The molecule has 1 aromatic heterocycles. The van der Waals surface area contributed by atoms with Crippen LogP contribution in [-0.2, 0) is 0 Å². The van der Waals surface area contributed by atoms with Crippen LogP contribution in [0.4, 0.5) is 10.7 Å². The largest absolute Gasteiger partial charge is 0.397 e. The molecule has 0 saturated heterocycles. The van der Waals surface area contributed by atoms with Gasteiger partial charge in [0.15, 0.2) is 5.78 Å². The summed E-state index contributed by atoms with van der Waals surface area (Å²) < 4.78 is 0. The van der Waals surface area contributed by atoms with Crippen molar-refractivity contribution in [2.24, 2.45) is 5.92 Å². The van der Waals surface area contributed by atoms with Gasteiger partial charge in [0, 0.05) is 12.5 Å². The van der Waals surface area contributed by atoms with Crippen molar-refractivity contribution in [3.05, 3.63) is 10.9 Å². The van der Waals surface area contributed by atoms with E-state index in [-0.39, 0.29) is 11.7 Å². The summed E-state index contributed by atoms with van der Waals surface area (Å²) in [6.45, 7) is 3.15. The number of rotatable bonds is 7. The lowest BCUT2D eigenvalue weighted by molar-refractivity contribution is 0.0972. The smallest absolute Gasteiger partial charge is 0.178 e. The van der Waals surface area contributed by atoms with Gasteiger partial charge in [-0.25, -0.2) is 0 Å². The third kappa shape index (κ3) is 3.22. The van der Waals surface area contributed by atoms with E-state index >= 15 is 0 Å². The summed E-state index contributed by atoms with van der Waals surface area (Å²) >= 11 is 1.51. The van der Waals surface area contributed by atoms with Gasteiger partial charge in [0.25, 0.3) is 0 Å². The predicted molar refractivity (Wildman–Crippen MR) is 73.8 cm³/mol. The van der Waals surface area contributed by atoms with Gasteiger partial charge in [0.2, 0.25) is 0 Å². The SMILES string of the molecule is CCCCCNc1cc(N)c(C(=O)C2CC2)s1. The van der Waals surface area contributed by atoms with Crippen molar-refractivity contribution in [3.8, 4) is 0 Å². The van der Waals surface area contributed by atoms with Crippen molar-refractivity contribution >= 4 is 27.8 Å². The first-order valence-electron chi connectivity index (χ1n) is 6.39. The van der Waals surface area contributed by atoms with Crippen LogP contribution in [0.2, 0.25) is 0 Å². The molecule has 3 N–H and O–H groups in total. The molecule has 1 saturated carbocycles. The summed E-state index contributed by atoms with van der Waals surface area (Å²) in [5.41, 5.74) is 6.53. The molecule has 0 bridgehead atoms. The van der Waals surface area contributed by atoms with Crippen LogP contribution in [0.1, 0.15) is 48.7 Å². The zero-order valence-electron chi connectivity index (χ0n) is 10.3. The van der Waals surface area contributed by atoms with Crippen LogP contribution in [-0.4, -0.2) is 12.3 Å². The highest BCUT2D eigenvalue weighted by Crippen LogP contribution is 2.38. The predicted octanol–water partition coefficient (Wildman–Crippen LogP) is 3.53. The first-order chi connectivity index (χ1) is 8.22. The molecule has 0 radical (unpaired) electrons. The first-order valence-corrected chi connectivity index (χ1v) is 7.21. The molecule has 94 valence electrons. The van der Waals surface area contributed by atoms with Crippen molar-refractivity contribution < 1.29 is 4.79 Å². The monoisotopic (exact) mass is 252 g/mol. The molecule has 0 aliphatic heterocycles. The van der Waals surface area contributed by atoms with Gasteiger partial charge in [-0.05, 0) is 25.3 Å². The summed E-state index contributed by atoms with van der Waals surface area (Å²) in [5.74, 6) is 0.498. The fourth-order valence-corrected chi connectivity index (χ4v) is 2.83. The van der Waals surface area contributed by atoms with E-state index in [4.69, 9.17) is 5.73 Å². The number of nitrogens with two attached hydrogens (primary N) is 1. The van der Waals surface area contributed by atoms with E-state index in [9.17, 15) is 4.79 Å². The second-order valence-corrected chi connectivity index (χ2v) is 5.72. The minimum Gasteiger partial charge on any atom is -0.397 e. The number of hydrogen-bond acceptors (Lipinski definition) is 4. The van der Waals surface area contributed by atoms with Crippen LogP contribution in [0.15, 0.2) is 6.07 Å². The molecule has 4 heteroatoms. The molecule has 0 amide bonds. The summed E-state index contributed by atoms with van der Waals surface area (Å²) in [4.78, 5) is 12.7. The summed E-state index contributed by atoms with van der Waals surface area (Å²) in [7, 11) is 0. The van der Waals surface area contributed by atoms with E-state index in [1.165, 1.54) is 30.6 Å². The average molecular weight is 252 g/mol. The van der Waals surface area contributed by atoms with Crippen molar-refractivity contribution in [1.82, 2.24) is 0 Å². The number of carbonyl (C=O) groups is 1. The van der Waals surface area contributed by atoms with Crippen LogP contribution in [0.5, 0.6) is 0 Å². The lowest BCUT2D eigenvalue weighted by Gasteiger charge is -2.01. The topological polar surface area (TPSA) is 55.1 Å². The standard InChI is InChI=1S/C13H20N2OS/c1-2-3-4-7-15-11-8-10(14)13(17-11)12(16)9-5-6-9/h8-9,15H,2-7,14H2,1H3. The Morgan fingerprint density at radius 2 is 2.29 bits per heavy atom. The van der Waals surface area contributed by atoms with Crippen molar-refractivity contribution in [2.45, 2.75) is 39.0 Å². The Labute approximate surface area is 106 Å². The molecule has 2 rings (SSSR count).